The van der Waals surface area contributed by atoms with Gasteiger partial charge in [0.25, 0.3) is 11.8 Å². The number of aryl methyl sites for hydroxylation is 1. The number of ether oxygens (including phenoxy) is 2. The summed E-state index contributed by atoms with van der Waals surface area (Å²) in [5.41, 5.74) is 3.95. The molecule has 0 aliphatic heterocycles. The number of methoxy groups -OCH3 is 2. The molecule has 1 aliphatic rings. The highest BCUT2D eigenvalue weighted by atomic mass is 16.5. The van der Waals surface area contributed by atoms with Crippen molar-refractivity contribution < 1.29 is 19.1 Å². The van der Waals surface area contributed by atoms with E-state index >= 15 is 0 Å². The molecule has 0 bridgehead atoms. The number of benzene rings is 2. The van der Waals surface area contributed by atoms with Crippen molar-refractivity contribution in [1.29, 1.82) is 0 Å². The van der Waals surface area contributed by atoms with Crippen LogP contribution in [-0.2, 0) is 6.54 Å². The number of hydrogen-bond donors (Lipinski definition) is 2. The molecular weight excluding hydrogens is 458 g/mol. The van der Waals surface area contributed by atoms with Crippen molar-refractivity contribution in [2.45, 2.75) is 32.4 Å². The third kappa shape index (κ3) is 4.86. The smallest absolute Gasteiger partial charge is 0.257 e. The molecule has 2 aromatic carbocycles. The predicted octanol–water partition coefficient (Wildman–Crippen LogP) is 3.95. The van der Waals surface area contributed by atoms with E-state index in [0.717, 1.165) is 29.4 Å². The first-order valence-electron chi connectivity index (χ1n) is 11.7. The molecule has 0 atom stereocenters. The fourth-order valence-electron chi connectivity index (χ4n) is 3.94. The van der Waals surface area contributed by atoms with Crippen LogP contribution in [0.1, 0.15) is 44.7 Å². The van der Waals surface area contributed by atoms with E-state index in [1.54, 1.807) is 43.3 Å². The number of anilines is 1. The quantitative estimate of drug-likeness (QED) is 0.391. The Bertz CT molecular complexity index is 1460. The molecule has 1 fully saturated rings. The van der Waals surface area contributed by atoms with E-state index in [9.17, 15) is 9.59 Å². The summed E-state index contributed by atoms with van der Waals surface area (Å²) < 4.78 is 12.5. The van der Waals surface area contributed by atoms with Crippen LogP contribution < -0.4 is 20.1 Å². The van der Waals surface area contributed by atoms with Gasteiger partial charge in [0.05, 0.1) is 32.5 Å². The highest BCUT2D eigenvalue weighted by molar-refractivity contribution is 6.06. The number of nitrogens with zero attached hydrogens (tertiary/aromatic N) is 3. The fourth-order valence-corrected chi connectivity index (χ4v) is 3.94. The number of hydrogen-bond acceptors (Lipinski definition) is 6. The van der Waals surface area contributed by atoms with Gasteiger partial charge in [-0.25, -0.2) is 9.67 Å². The van der Waals surface area contributed by atoms with Crippen LogP contribution in [0.3, 0.4) is 0 Å². The summed E-state index contributed by atoms with van der Waals surface area (Å²) >= 11 is 0. The zero-order valence-corrected chi connectivity index (χ0v) is 20.4. The Morgan fingerprint density at radius 1 is 1.00 bits per heavy atom. The Labute approximate surface area is 208 Å². The molecule has 2 aromatic heterocycles. The van der Waals surface area contributed by atoms with Crippen molar-refractivity contribution in [3.63, 3.8) is 0 Å². The Balaban J connectivity index is 1.34. The first-order valence-corrected chi connectivity index (χ1v) is 11.7. The second-order valence-corrected chi connectivity index (χ2v) is 8.85. The molecule has 0 saturated heterocycles. The summed E-state index contributed by atoms with van der Waals surface area (Å²) in [5, 5.41) is 11.1. The molecule has 0 spiro atoms. The van der Waals surface area contributed by atoms with Gasteiger partial charge >= 0.3 is 0 Å². The zero-order valence-electron chi connectivity index (χ0n) is 20.4. The van der Waals surface area contributed by atoms with Crippen molar-refractivity contribution in [2.75, 3.05) is 19.5 Å². The second-order valence-electron chi connectivity index (χ2n) is 8.85. The van der Waals surface area contributed by atoms with E-state index in [1.165, 1.54) is 6.20 Å². The van der Waals surface area contributed by atoms with Crippen LogP contribution in [0.2, 0.25) is 0 Å². The normalized spacial score (nSPS) is 12.9. The van der Waals surface area contributed by atoms with Crippen molar-refractivity contribution in [1.82, 2.24) is 20.1 Å². The lowest BCUT2D eigenvalue weighted by atomic mass is 10.1. The number of fused-ring (bicyclic) bond motifs is 1. The lowest BCUT2D eigenvalue weighted by molar-refractivity contribution is 0.0949. The van der Waals surface area contributed by atoms with E-state index in [-0.39, 0.29) is 17.9 Å². The highest BCUT2D eigenvalue weighted by Gasteiger charge is 2.24. The van der Waals surface area contributed by atoms with Gasteiger partial charge in [-0.15, -0.1) is 0 Å². The second kappa shape index (κ2) is 9.69. The zero-order chi connectivity index (χ0) is 25.2. The molecule has 2 amide bonds. The molecule has 1 aliphatic carbocycles. The van der Waals surface area contributed by atoms with Gasteiger partial charge in [0, 0.05) is 40.5 Å². The molecule has 184 valence electrons. The maximum atomic E-state index is 13.0. The summed E-state index contributed by atoms with van der Waals surface area (Å²) in [4.78, 5) is 29.9. The predicted molar refractivity (Wildman–Crippen MR) is 136 cm³/mol. The molecule has 2 N–H and O–H groups in total. The Morgan fingerprint density at radius 2 is 1.83 bits per heavy atom. The number of pyridine rings is 1. The van der Waals surface area contributed by atoms with Gasteiger partial charge in [0.15, 0.2) is 5.65 Å². The minimum absolute atomic E-state index is 0.128. The van der Waals surface area contributed by atoms with Crippen LogP contribution in [0.4, 0.5) is 5.69 Å². The van der Waals surface area contributed by atoms with Crippen LogP contribution >= 0.6 is 0 Å². The summed E-state index contributed by atoms with van der Waals surface area (Å²) in [6, 6.07) is 12.9. The largest absolute Gasteiger partial charge is 0.497 e. The number of carbonyl (C=O) groups excluding carboxylic acids is 2. The topological polar surface area (TPSA) is 107 Å². The average Bonchev–Trinajstić information content (AvgIpc) is 3.62. The van der Waals surface area contributed by atoms with Gasteiger partial charge in [-0.1, -0.05) is 6.07 Å². The number of nitrogens with one attached hydrogen (secondary N) is 2. The van der Waals surface area contributed by atoms with Gasteiger partial charge in [0.1, 0.15) is 11.5 Å². The van der Waals surface area contributed by atoms with Crippen LogP contribution in [0.25, 0.3) is 11.0 Å². The average molecular weight is 486 g/mol. The molecule has 0 unspecified atom stereocenters. The molecule has 2 heterocycles. The van der Waals surface area contributed by atoms with Gasteiger partial charge in [-0.3, -0.25) is 9.59 Å². The number of amides is 2. The fraction of sp³-hybridized carbons (Fsp3) is 0.259. The number of rotatable bonds is 8. The van der Waals surface area contributed by atoms with E-state index in [2.05, 4.69) is 20.7 Å². The molecule has 1 saturated carbocycles. The van der Waals surface area contributed by atoms with Crippen molar-refractivity contribution >= 4 is 28.5 Å². The maximum Gasteiger partial charge on any atom is 0.257 e. The van der Waals surface area contributed by atoms with Crippen molar-refractivity contribution in [3.8, 4) is 11.5 Å². The first-order chi connectivity index (χ1) is 17.4. The summed E-state index contributed by atoms with van der Waals surface area (Å²) in [5.74, 6) is 0.963. The molecule has 5 rings (SSSR count). The standard InChI is InChI=1S/C27H27N5O4/c1-16-4-5-17(26(33)30-21-7-8-21)11-23(16)31-27(34)20-10-19-14-29-32(25(19)28-13-20)15-18-6-9-22(35-2)12-24(18)36-3/h4-6,9-14,21H,7-8,15H2,1-3H3,(H,30,33)(H,31,34). The Morgan fingerprint density at radius 3 is 2.58 bits per heavy atom. The first kappa shape index (κ1) is 23.3. The minimum atomic E-state index is -0.308. The summed E-state index contributed by atoms with van der Waals surface area (Å²) in [6.07, 6.45) is 5.24. The molecule has 9 heteroatoms. The lowest BCUT2D eigenvalue weighted by Gasteiger charge is -2.12. The monoisotopic (exact) mass is 485 g/mol. The highest BCUT2D eigenvalue weighted by Crippen LogP contribution is 2.26. The maximum absolute atomic E-state index is 13.0. The van der Waals surface area contributed by atoms with Crippen molar-refractivity contribution in [2.24, 2.45) is 0 Å². The molecule has 4 aromatic rings. The number of carbonyl (C=O) groups is 2. The van der Waals surface area contributed by atoms with Gasteiger partial charge in [-0.2, -0.15) is 5.10 Å². The third-order valence-electron chi connectivity index (χ3n) is 6.21. The van der Waals surface area contributed by atoms with E-state index in [4.69, 9.17) is 9.47 Å². The van der Waals surface area contributed by atoms with Crippen LogP contribution in [-0.4, -0.2) is 46.8 Å². The van der Waals surface area contributed by atoms with Gasteiger partial charge in [0.2, 0.25) is 0 Å². The minimum Gasteiger partial charge on any atom is -0.497 e. The summed E-state index contributed by atoms with van der Waals surface area (Å²) in [6.45, 7) is 2.33. The molecule has 36 heavy (non-hydrogen) atoms. The number of aromatic nitrogens is 3. The van der Waals surface area contributed by atoms with Crippen LogP contribution in [0.5, 0.6) is 11.5 Å². The Kier molecular flexibility index (Phi) is 6.28. The van der Waals surface area contributed by atoms with E-state index in [0.29, 0.717) is 40.5 Å². The van der Waals surface area contributed by atoms with Gasteiger partial charge < -0.3 is 20.1 Å². The Hall–Kier alpha value is -4.40. The molecular formula is C27H27N5O4. The molecule has 9 nitrogen and oxygen atoms in total. The van der Waals surface area contributed by atoms with E-state index < -0.39 is 0 Å². The lowest BCUT2D eigenvalue weighted by Crippen LogP contribution is -2.25. The SMILES string of the molecule is COc1ccc(Cn2ncc3cc(C(=O)Nc4cc(C(=O)NC5CC5)ccc4C)cnc32)c(OC)c1. The van der Waals surface area contributed by atoms with Crippen LogP contribution in [0.15, 0.2) is 54.9 Å². The third-order valence-corrected chi connectivity index (χ3v) is 6.21. The van der Waals surface area contributed by atoms with Crippen LogP contribution in [0, 0.1) is 6.92 Å². The van der Waals surface area contributed by atoms with Crippen molar-refractivity contribution in [3.05, 3.63) is 77.1 Å². The van der Waals surface area contributed by atoms with Gasteiger partial charge in [-0.05, 0) is 55.7 Å². The summed E-state index contributed by atoms with van der Waals surface area (Å²) in [7, 11) is 3.22. The van der Waals surface area contributed by atoms with E-state index in [1.807, 2.05) is 31.2 Å². The molecule has 0 radical (unpaired) electrons.